The first-order valence-electron chi connectivity index (χ1n) is 10.8. The number of amides is 1. The van der Waals surface area contributed by atoms with Crippen molar-refractivity contribution in [1.29, 1.82) is 0 Å². The molecule has 1 saturated heterocycles. The first kappa shape index (κ1) is 20.4. The molecule has 0 N–H and O–H groups in total. The molecule has 2 unspecified atom stereocenters. The molecule has 6 nitrogen and oxygen atoms in total. The van der Waals surface area contributed by atoms with Crippen molar-refractivity contribution in [3.63, 3.8) is 0 Å². The normalized spacial score (nSPS) is 24.5. The maximum atomic E-state index is 13.4. The van der Waals surface area contributed by atoms with E-state index in [4.69, 9.17) is 4.74 Å². The number of rotatable bonds is 5. The van der Waals surface area contributed by atoms with Crippen LogP contribution >= 0.6 is 0 Å². The van der Waals surface area contributed by atoms with Crippen LogP contribution in [0.25, 0.3) is 6.08 Å². The summed E-state index contributed by atoms with van der Waals surface area (Å²) in [6, 6.07) is 12.7. The van der Waals surface area contributed by atoms with Gasteiger partial charge in [0, 0.05) is 13.0 Å². The average molecular weight is 432 g/mol. The fourth-order valence-electron chi connectivity index (χ4n) is 4.75. The number of aliphatic imine (C=N–C) groups is 2. The van der Waals surface area contributed by atoms with Crippen LogP contribution in [0.1, 0.15) is 30.9 Å². The van der Waals surface area contributed by atoms with Crippen LogP contribution in [0.3, 0.4) is 0 Å². The van der Waals surface area contributed by atoms with Gasteiger partial charge in [-0.15, -0.1) is 0 Å². The van der Waals surface area contributed by atoms with E-state index in [9.17, 15) is 9.18 Å². The molecule has 5 rings (SSSR count). The molecule has 2 aromatic rings. The summed E-state index contributed by atoms with van der Waals surface area (Å²) >= 11 is 0. The Balaban J connectivity index is 1.39. The molecule has 3 heterocycles. The molecule has 32 heavy (non-hydrogen) atoms. The zero-order chi connectivity index (χ0) is 22.3. The summed E-state index contributed by atoms with van der Waals surface area (Å²) in [5.74, 6) is 1.16. The van der Waals surface area contributed by atoms with E-state index in [1.165, 1.54) is 12.1 Å². The van der Waals surface area contributed by atoms with Crippen LogP contribution in [-0.4, -0.2) is 49.2 Å². The third-order valence-electron chi connectivity index (χ3n) is 6.40. The number of hydrogen-bond donors (Lipinski definition) is 0. The van der Waals surface area contributed by atoms with Gasteiger partial charge in [0.1, 0.15) is 17.4 Å². The van der Waals surface area contributed by atoms with Gasteiger partial charge in [-0.05, 0) is 54.8 Å². The predicted molar refractivity (Wildman–Crippen MR) is 124 cm³/mol. The topological polar surface area (TPSA) is 57.5 Å². The number of fused-ring (bicyclic) bond motifs is 1. The van der Waals surface area contributed by atoms with Crippen molar-refractivity contribution in [3.05, 3.63) is 65.5 Å². The number of amidine groups is 1. The summed E-state index contributed by atoms with van der Waals surface area (Å²) in [4.78, 5) is 25.7. The number of carbonyl (C=O) groups is 1. The number of anilines is 1. The second-order valence-corrected chi connectivity index (χ2v) is 8.47. The third-order valence-corrected chi connectivity index (χ3v) is 6.40. The largest absolute Gasteiger partial charge is 0.495 e. The fraction of sp³-hybridized carbons (Fsp3) is 0.320. The molecule has 1 amide bonds. The van der Waals surface area contributed by atoms with Gasteiger partial charge in [0.25, 0.3) is 0 Å². The van der Waals surface area contributed by atoms with E-state index in [0.29, 0.717) is 25.2 Å². The van der Waals surface area contributed by atoms with E-state index >= 15 is 0 Å². The lowest BCUT2D eigenvalue weighted by molar-refractivity contribution is -0.126. The minimum atomic E-state index is -0.516. The van der Waals surface area contributed by atoms with Crippen molar-refractivity contribution in [1.82, 2.24) is 4.90 Å². The van der Waals surface area contributed by atoms with Gasteiger partial charge in [0.15, 0.2) is 0 Å². The first-order valence-corrected chi connectivity index (χ1v) is 10.8. The highest BCUT2D eigenvalue weighted by Gasteiger charge is 2.51. The van der Waals surface area contributed by atoms with Crippen LogP contribution in [0.15, 0.2) is 58.5 Å². The second-order valence-electron chi connectivity index (χ2n) is 8.47. The van der Waals surface area contributed by atoms with Crippen molar-refractivity contribution in [2.24, 2.45) is 9.98 Å². The Morgan fingerprint density at radius 1 is 1.19 bits per heavy atom. The summed E-state index contributed by atoms with van der Waals surface area (Å²) in [7, 11) is 1.66. The lowest BCUT2D eigenvalue weighted by Crippen LogP contribution is -2.43. The van der Waals surface area contributed by atoms with Crippen molar-refractivity contribution in [2.75, 3.05) is 25.1 Å². The lowest BCUT2D eigenvalue weighted by atomic mass is 9.88. The van der Waals surface area contributed by atoms with E-state index in [-0.39, 0.29) is 17.8 Å². The van der Waals surface area contributed by atoms with Gasteiger partial charge < -0.3 is 9.64 Å². The van der Waals surface area contributed by atoms with Crippen molar-refractivity contribution in [2.45, 2.75) is 31.3 Å². The lowest BCUT2D eigenvalue weighted by Gasteiger charge is -2.32. The highest BCUT2D eigenvalue weighted by atomic mass is 19.1. The molecular formula is C25H25FN4O2. The molecule has 0 bridgehead atoms. The van der Waals surface area contributed by atoms with E-state index in [1.807, 2.05) is 36.7 Å². The maximum Gasteiger partial charge on any atom is 0.229 e. The Kier molecular flexibility index (Phi) is 5.04. The van der Waals surface area contributed by atoms with E-state index in [1.54, 1.807) is 24.1 Å². The standard InChI is InChI=1S/C25H25FN4O2/c1-17-14-29(16-28-17)21-9-3-18(13-22(21)32-2)4-10-23-27-15-25(12-11-24(31)30(23)25)19-5-7-20(26)8-6-19/h3-10,13,16-17H,11-12,14-15H2,1-2H3/b10-4+. The van der Waals surface area contributed by atoms with Crippen LogP contribution < -0.4 is 9.64 Å². The minimum Gasteiger partial charge on any atom is -0.495 e. The summed E-state index contributed by atoms with van der Waals surface area (Å²) in [6.07, 6.45) is 6.80. The van der Waals surface area contributed by atoms with Crippen molar-refractivity contribution < 1.29 is 13.9 Å². The van der Waals surface area contributed by atoms with Crippen LogP contribution in [0.4, 0.5) is 10.1 Å². The molecule has 2 aromatic carbocycles. The van der Waals surface area contributed by atoms with Crippen LogP contribution in [-0.2, 0) is 10.3 Å². The van der Waals surface area contributed by atoms with Gasteiger partial charge in [0.2, 0.25) is 5.91 Å². The Morgan fingerprint density at radius 3 is 2.72 bits per heavy atom. The van der Waals surface area contributed by atoms with Crippen LogP contribution in [0.5, 0.6) is 5.75 Å². The first-order chi connectivity index (χ1) is 15.5. The Labute approximate surface area is 186 Å². The molecule has 0 saturated carbocycles. The summed E-state index contributed by atoms with van der Waals surface area (Å²) < 4.78 is 19.1. The Bertz CT molecular complexity index is 1140. The minimum absolute atomic E-state index is 0.0468. The smallest absolute Gasteiger partial charge is 0.229 e. The van der Waals surface area contributed by atoms with Gasteiger partial charge in [-0.3, -0.25) is 19.7 Å². The number of benzene rings is 2. The Morgan fingerprint density at radius 2 is 2.00 bits per heavy atom. The zero-order valence-electron chi connectivity index (χ0n) is 18.2. The molecule has 0 spiro atoms. The highest BCUT2D eigenvalue weighted by Crippen LogP contribution is 2.43. The van der Waals surface area contributed by atoms with Gasteiger partial charge in [0.05, 0.1) is 37.3 Å². The quantitative estimate of drug-likeness (QED) is 0.717. The second kappa shape index (κ2) is 7.89. The molecule has 1 fully saturated rings. The molecule has 2 atom stereocenters. The summed E-state index contributed by atoms with van der Waals surface area (Å²) in [5, 5.41) is 0. The van der Waals surface area contributed by atoms with Crippen LogP contribution in [0, 0.1) is 5.82 Å². The summed E-state index contributed by atoms with van der Waals surface area (Å²) in [6.45, 7) is 3.39. The average Bonchev–Trinajstić information content (AvgIpc) is 3.49. The van der Waals surface area contributed by atoms with E-state index in [2.05, 4.69) is 21.8 Å². The molecular weight excluding hydrogens is 407 g/mol. The Hall–Kier alpha value is -3.48. The maximum absolute atomic E-state index is 13.4. The molecule has 3 aliphatic heterocycles. The number of ether oxygens (including phenoxy) is 1. The molecule has 7 heteroatoms. The van der Waals surface area contributed by atoms with Crippen molar-refractivity contribution >= 4 is 29.8 Å². The van der Waals surface area contributed by atoms with Gasteiger partial charge in [-0.25, -0.2) is 4.39 Å². The number of nitrogens with zero attached hydrogens (tertiary/aromatic N) is 4. The molecule has 0 aromatic heterocycles. The summed E-state index contributed by atoms with van der Waals surface area (Å²) in [5.41, 5.74) is 2.33. The highest BCUT2D eigenvalue weighted by molar-refractivity contribution is 6.09. The molecule has 3 aliphatic rings. The third kappa shape index (κ3) is 3.38. The molecule has 0 radical (unpaired) electrons. The molecule has 164 valence electrons. The van der Waals surface area contributed by atoms with Gasteiger partial charge >= 0.3 is 0 Å². The number of carbonyl (C=O) groups excluding carboxylic acids is 1. The van der Waals surface area contributed by atoms with E-state index in [0.717, 1.165) is 29.1 Å². The SMILES string of the molecule is COc1cc(/C=C/C2=NCC3(c4ccc(F)cc4)CCC(=O)N23)ccc1N1C=NC(C)C1. The number of methoxy groups -OCH3 is 1. The monoisotopic (exact) mass is 432 g/mol. The predicted octanol–water partition coefficient (Wildman–Crippen LogP) is 4.01. The van der Waals surface area contributed by atoms with E-state index < -0.39 is 5.54 Å². The molecule has 0 aliphatic carbocycles. The van der Waals surface area contributed by atoms with Gasteiger partial charge in [-0.1, -0.05) is 24.3 Å². The number of hydrogen-bond acceptors (Lipinski definition) is 5. The van der Waals surface area contributed by atoms with Gasteiger partial charge in [-0.2, -0.15) is 0 Å². The van der Waals surface area contributed by atoms with Crippen LogP contribution in [0.2, 0.25) is 0 Å². The van der Waals surface area contributed by atoms with Crippen molar-refractivity contribution in [3.8, 4) is 5.75 Å². The fourth-order valence-corrected chi connectivity index (χ4v) is 4.75. The zero-order valence-corrected chi connectivity index (χ0v) is 18.2. The number of halogens is 1.